The zero-order valence-corrected chi connectivity index (χ0v) is 20.0. The SMILES string of the molecule is [C-]#[N+]CC(=C1CCCC1)n1cc(-c2ncnc(NC(=O)OC(C)(C)C)c2CC(C)OC)cn1. The molecule has 1 saturated carbocycles. The van der Waals surface area contributed by atoms with Crippen molar-refractivity contribution >= 4 is 17.6 Å². The van der Waals surface area contributed by atoms with Gasteiger partial charge in [0, 0.05) is 30.9 Å². The van der Waals surface area contributed by atoms with Gasteiger partial charge in [0.2, 0.25) is 0 Å². The number of carbonyl (C=O) groups is 1. The first-order valence-electron chi connectivity index (χ1n) is 11.2. The van der Waals surface area contributed by atoms with Crippen LogP contribution in [0.4, 0.5) is 10.6 Å². The standard InChI is InChI=1S/C24H32N6O3/c1-16(32-6)11-19-21(26-15-27-22(19)29-23(31)33-24(2,3)4)18-12-28-30(14-18)20(13-25-5)17-9-7-8-10-17/h12,14-16H,7-11,13H2,1-4,6H3,(H,26,27,29,31). The Morgan fingerprint density at radius 2 is 2.03 bits per heavy atom. The summed E-state index contributed by atoms with van der Waals surface area (Å²) in [6.45, 7) is 15.0. The molecule has 9 heteroatoms. The molecule has 1 aliphatic carbocycles. The van der Waals surface area contributed by atoms with Gasteiger partial charge in [-0.1, -0.05) is 0 Å². The van der Waals surface area contributed by atoms with Crippen LogP contribution in [0.1, 0.15) is 58.9 Å². The Labute approximate surface area is 195 Å². The molecule has 1 amide bonds. The number of methoxy groups -OCH3 is 1. The van der Waals surface area contributed by atoms with Gasteiger partial charge in [0.1, 0.15) is 23.4 Å². The molecular formula is C24H32N6O3. The first kappa shape index (κ1) is 24.4. The van der Waals surface area contributed by atoms with Crippen LogP contribution in [-0.2, 0) is 15.9 Å². The third-order valence-corrected chi connectivity index (χ3v) is 5.44. The molecule has 2 aromatic rings. The van der Waals surface area contributed by atoms with E-state index >= 15 is 0 Å². The monoisotopic (exact) mass is 452 g/mol. The number of carbonyl (C=O) groups excluding carboxylic acids is 1. The summed E-state index contributed by atoms with van der Waals surface area (Å²) < 4.78 is 12.7. The third-order valence-electron chi connectivity index (χ3n) is 5.44. The van der Waals surface area contributed by atoms with Gasteiger partial charge in [0.25, 0.3) is 6.54 Å². The topological polar surface area (TPSA) is 95.5 Å². The lowest BCUT2D eigenvalue weighted by molar-refractivity contribution is 0.0634. The summed E-state index contributed by atoms with van der Waals surface area (Å²) in [4.78, 5) is 24.8. The van der Waals surface area contributed by atoms with Crippen molar-refractivity contribution < 1.29 is 14.3 Å². The summed E-state index contributed by atoms with van der Waals surface area (Å²) in [7, 11) is 1.64. The average Bonchev–Trinajstić information content (AvgIpc) is 3.44. The predicted octanol–water partition coefficient (Wildman–Crippen LogP) is 4.97. The van der Waals surface area contributed by atoms with E-state index in [2.05, 4.69) is 25.2 Å². The maximum absolute atomic E-state index is 12.4. The van der Waals surface area contributed by atoms with E-state index in [0.29, 0.717) is 24.5 Å². The number of amides is 1. The van der Waals surface area contributed by atoms with Crippen LogP contribution in [0.15, 0.2) is 24.3 Å². The maximum Gasteiger partial charge on any atom is 0.413 e. The van der Waals surface area contributed by atoms with E-state index in [0.717, 1.165) is 42.5 Å². The number of rotatable bonds is 7. The zero-order chi connectivity index (χ0) is 24.0. The summed E-state index contributed by atoms with van der Waals surface area (Å²) in [5.41, 5.74) is 3.78. The van der Waals surface area contributed by atoms with Crippen molar-refractivity contribution in [2.45, 2.75) is 71.5 Å². The Hall–Kier alpha value is -3.25. The summed E-state index contributed by atoms with van der Waals surface area (Å²) in [6, 6.07) is 0. The largest absolute Gasteiger partial charge is 0.444 e. The molecule has 0 aromatic carbocycles. The van der Waals surface area contributed by atoms with E-state index in [1.807, 2.05) is 13.1 Å². The van der Waals surface area contributed by atoms with Crippen LogP contribution in [0.25, 0.3) is 21.8 Å². The Morgan fingerprint density at radius 1 is 1.30 bits per heavy atom. The van der Waals surface area contributed by atoms with Crippen molar-refractivity contribution in [1.29, 1.82) is 0 Å². The fourth-order valence-corrected chi connectivity index (χ4v) is 3.84. The van der Waals surface area contributed by atoms with Crippen molar-refractivity contribution in [3.8, 4) is 11.3 Å². The van der Waals surface area contributed by atoms with Crippen molar-refractivity contribution in [1.82, 2.24) is 19.7 Å². The first-order chi connectivity index (χ1) is 15.7. The van der Waals surface area contributed by atoms with Crippen LogP contribution >= 0.6 is 0 Å². The molecule has 0 saturated heterocycles. The van der Waals surface area contributed by atoms with Crippen LogP contribution in [0.5, 0.6) is 0 Å². The minimum Gasteiger partial charge on any atom is -0.444 e. The average molecular weight is 453 g/mol. The van der Waals surface area contributed by atoms with E-state index in [1.165, 1.54) is 11.9 Å². The number of ether oxygens (including phenoxy) is 2. The molecule has 1 fully saturated rings. The predicted molar refractivity (Wildman–Crippen MR) is 126 cm³/mol. The van der Waals surface area contributed by atoms with Gasteiger partial charge < -0.3 is 14.3 Å². The number of nitrogens with zero attached hydrogens (tertiary/aromatic N) is 5. The van der Waals surface area contributed by atoms with E-state index < -0.39 is 11.7 Å². The molecule has 9 nitrogen and oxygen atoms in total. The van der Waals surface area contributed by atoms with Crippen LogP contribution < -0.4 is 5.32 Å². The minimum atomic E-state index is -0.631. The van der Waals surface area contributed by atoms with E-state index in [4.69, 9.17) is 16.0 Å². The van der Waals surface area contributed by atoms with Gasteiger partial charge >= 0.3 is 6.09 Å². The lowest BCUT2D eigenvalue weighted by Crippen LogP contribution is -2.28. The molecule has 1 atom stereocenters. The van der Waals surface area contributed by atoms with Crippen LogP contribution in [0.2, 0.25) is 0 Å². The second kappa shape index (κ2) is 10.6. The summed E-state index contributed by atoms with van der Waals surface area (Å²) in [5, 5.41) is 7.30. The molecule has 2 aromatic heterocycles. The molecular weight excluding hydrogens is 420 g/mol. The molecule has 1 unspecified atom stereocenters. The molecule has 0 radical (unpaired) electrons. The molecule has 0 aliphatic heterocycles. The second-order valence-electron chi connectivity index (χ2n) is 9.17. The third kappa shape index (κ3) is 6.39. The number of hydrogen-bond acceptors (Lipinski definition) is 6. The summed E-state index contributed by atoms with van der Waals surface area (Å²) >= 11 is 0. The van der Waals surface area contributed by atoms with Crippen molar-refractivity contribution in [3.63, 3.8) is 0 Å². The van der Waals surface area contributed by atoms with Crippen LogP contribution in [0.3, 0.4) is 0 Å². The van der Waals surface area contributed by atoms with Crippen molar-refractivity contribution in [2.75, 3.05) is 19.0 Å². The van der Waals surface area contributed by atoms with Gasteiger partial charge in [0.05, 0.1) is 18.0 Å². The Morgan fingerprint density at radius 3 is 2.67 bits per heavy atom. The molecule has 1 aliphatic rings. The molecule has 176 valence electrons. The highest BCUT2D eigenvalue weighted by Gasteiger charge is 2.23. The van der Waals surface area contributed by atoms with E-state index in [1.54, 1.807) is 38.8 Å². The normalized spacial score (nSPS) is 14.6. The number of allylic oxidation sites excluding steroid dienone is 1. The Balaban J connectivity index is 2.00. The molecule has 0 bridgehead atoms. The lowest BCUT2D eigenvalue weighted by Gasteiger charge is -2.21. The van der Waals surface area contributed by atoms with Crippen LogP contribution in [0, 0.1) is 6.57 Å². The molecule has 1 N–H and O–H groups in total. The Bertz CT molecular complexity index is 1050. The van der Waals surface area contributed by atoms with Crippen molar-refractivity contribution in [2.24, 2.45) is 0 Å². The maximum atomic E-state index is 12.4. The van der Waals surface area contributed by atoms with Gasteiger partial charge in [-0.15, -0.1) is 0 Å². The van der Waals surface area contributed by atoms with Gasteiger partial charge in [-0.3, -0.25) is 5.32 Å². The Kier molecular flexibility index (Phi) is 7.82. The van der Waals surface area contributed by atoms with Crippen LogP contribution in [-0.4, -0.2) is 51.2 Å². The zero-order valence-electron chi connectivity index (χ0n) is 20.0. The van der Waals surface area contributed by atoms with E-state index in [-0.39, 0.29) is 6.10 Å². The highest BCUT2D eigenvalue weighted by atomic mass is 16.6. The molecule has 33 heavy (non-hydrogen) atoms. The molecule has 2 heterocycles. The fourth-order valence-electron chi connectivity index (χ4n) is 3.84. The quantitative estimate of drug-likeness (QED) is 0.596. The number of aromatic nitrogens is 4. The molecule has 0 spiro atoms. The highest BCUT2D eigenvalue weighted by Crippen LogP contribution is 2.31. The molecule has 3 rings (SSSR count). The van der Waals surface area contributed by atoms with E-state index in [9.17, 15) is 4.79 Å². The number of hydrogen-bond donors (Lipinski definition) is 1. The van der Waals surface area contributed by atoms with Gasteiger partial charge in [-0.05, 0) is 59.0 Å². The first-order valence-corrected chi connectivity index (χ1v) is 11.2. The van der Waals surface area contributed by atoms with Gasteiger partial charge in [-0.25, -0.2) is 26.0 Å². The van der Waals surface area contributed by atoms with Crippen molar-refractivity contribution in [3.05, 3.63) is 41.3 Å². The van der Waals surface area contributed by atoms with Gasteiger partial charge in [-0.2, -0.15) is 5.10 Å². The number of nitrogens with one attached hydrogen (secondary N) is 1. The number of anilines is 1. The summed E-state index contributed by atoms with van der Waals surface area (Å²) in [6.07, 6.45) is 9.14. The highest BCUT2D eigenvalue weighted by molar-refractivity contribution is 5.86. The lowest BCUT2D eigenvalue weighted by atomic mass is 10.0. The fraction of sp³-hybridized carbons (Fsp3) is 0.542. The van der Waals surface area contributed by atoms with Gasteiger partial charge in [0.15, 0.2) is 0 Å². The second-order valence-corrected chi connectivity index (χ2v) is 9.17. The summed E-state index contributed by atoms with van der Waals surface area (Å²) in [5.74, 6) is 0.376. The smallest absolute Gasteiger partial charge is 0.413 e. The minimum absolute atomic E-state index is 0.123.